The van der Waals surface area contributed by atoms with Gasteiger partial charge in [0.2, 0.25) is 0 Å². The number of nitrogens with zero attached hydrogens (tertiary/aromatic N) is 2. The first kappa shape index (κ1) is 25.1. The molecule has 2 heterocycles. The zero-order valence-corrected chi connectivity index (χ0v) is 21.4. The van der Waals surface area contributed by atoms with E-state index in [0.717, 1.165) is 44.7 Å². The molecule has 0 saturated carbocycles. The Hall–Kier alpha value is -2.98. The van der Waals surface area contributed by atoms with Gasteiger partial charge in [-0.25, -0.2) is 8.42 Å². The van der Waals surface area contributed by atoms with E-state index in [4.69, 9.17) is 9.47 Å². The number of sulfonamides is 1. The number of rotatable bonds is 7. The number of hydrogen-bond acceptors (Lipinski definition) is 7. The lowest BCUT2D eigenvalue weighted by molar-refractivity contribution is 0.0697. The van der Waals surface area contributed by atoms with Crippen LogP contribution in [0.1, 0.15) is 30.1 Å². The molecule has 2 aliphatic rings. The zero-order valence-electron chi connectivity index (χ0n) is 20.5. The molecular formula is C25H34N4O5S. The van der Waals surface area contributed by atoms with Gasteiger partial charge in [-0.3, -0.25) is 9.52 Å². The van der Waals surface area contributed by atoms with Gasteiger partial charge in [0.05, 0.1) is 30.5 Å². The minimum absolute atomic E-state index is 0.0446. The molecule has 2 fully saturated rings. The fourth-order valence-electron chi connectivity index (χ4n) is 4.51. The summed E-state index contributed by atoms with van der Waals surface area (Å²) in [7, 11) is -1.00. The SMILES string of the molecule is COc1ccc(S(=O)(=O)Nc2cc(C(=O)N3CCC(C)CC3)ccc2N2CCNCC2)cc1OC. The van der Waals surface area contributed by atoms with E-state index in [1.165, 1.54) is 26.4 Å². The van der Waals surface area contributed by atoms with Crippen molar-refractivity contribution in [3.05, 3.63) is 42.0 Å². The highest BCUT2D eigenvalue weighted by molar-refractivity contribution is 7.92. The van der Waals surface area contributed by atoms with Crippen LogP contribution >= 0.6 is 0 Å². The number of methoxy groups -OCH3 is 2. The van der Waals surface area contributed by atoms with Gasteiger partial charge in [0.25, 0.3) is 15.9 Å². The Morgan fingerprint density at radius 1 is 0.971 bits per heavy atom. The molecular weight excluding hydrogens is 468 g/mol. The Balaban J connectivity index is 1.67. The fraction of sp³-hybridized carbons (Fsp3) is 0.480. The number of hydrogen-bond donors (Lipinski definition) is 2. The number of carbonyl (C=O) groups is 1. The van der Waals surface area contributed by atoms with E-state index in [0.29, 0.717) is 41.8 Å². The van der Waals surface area contributed by atoms with Gasteiger partial charge in [0, 0.05) is 50.9 Å². The van der Waals surface area contributed by atoms with Crippen LogP contribution in [0.5, 0.6) is 11.5 Å². The number of piperazine rings is 1. The summed E-state index contributed by atoms with van der Waals surface area (Å²) in [6.07, 6.45) is 1.95. The predicted molar refractivity (Wildman–Crippen MR) is 136 cm³/mol. The first-order valence-corrected chi connectivity index (χ1v) is 13.4. The normalized spacial score (nSPS) is 17.2. The lowest BCUT2D eigenvalue weighted by Gasteiger charge is -2.32. The van der Waals surface area contributed by atoms with Gasteiger partial charge in [0.15, 0.2) is 11.5 Å². The Morgan fingerprint density at radius 3 is 2.31 bits per heavy atom. The van der Waals surface area contributed by atoms with Crippen LogP contribution in [0, 0.1) is 5.92 Å². The van der Waals surface area contributed by atoms with Gasteiger partial charge >= 0.3 is 0 Å². The smallest absolute Gasteiger partial charge is 0.262 e. The number of amides is 1. The zero-order chi connectivity index (χ0) is 25.0. The molecule has 0 unspecified atom stereocenters. The highest BCUT2D eigenvalue weighted by Gasteiger charge is 2.25. The summed E-state index contributed by atoms with van der Waals surface area (Å²) in [6.45, 7) is 6.71. The van der Waals surface area contributed by atoms with Crippen molar-refractivity contribution >= 4 is 27.3 Å². The number of anilines is 2. The van der Waals surface area contributed by atoms with Crippen molar-refractivity contribution in [2.24, 2.45) is 5.92 Å². The second-order valence-corrected chi connectivity index (χ2v) is 10.7. The molecule has 2 saturated heterocycles. The first-order chi connectivity index (χ1) is 16.8. The van der Waals surface area contributed by atoms with Crippen LogP contribution in [0.15, 0.2) is 41.3 Å². The third-order valence-electron chi connectivity index (χ3n) is 6.68. The van der Waals surface area contributed by atoms with Crippen LogP contribution in [0.3, 0.4) is 0 Å². The van der Waals surface area contributed by atoms with E-state index in [-0.39, 0.29) is 10.8 Å². The number of carbonyl (C=O) groups excluding carboxylic acids is 1. The van der Waals surface area contributed by atoms with Crippen molar-refractivity contribution in [3.8, 4) is 11.5 Å². The third-order valence-corrected chi connectivity index (χ3v) is 8.04. The maximum Gasteiger partial charge on any atom is 0.262 e. The molecule has 0 radical (unpaired) electrons. The summed E-state index contributed by atoms with van der Waals surface area (Å²) in [5.74, 6) is 1.30. The van der Waals surface area contributed by atoms with Crippen molar-refractivity contribution in [2.75, 3.05) is 63.1 Å². The van der Waals surface area contributed by atoms with Gasteiger partial charge in [-0.15, -0.1) is 0 Å². The van der Waals surface area contributed by atoms with Gasteiger partial charge in [0.1, 0.15) is 0 Å². The molecule has 2 aliphatic heterocycles. The Kier molecular flexibility index (Phi) is 7.71. The largest absolute Gasteiger partial charge is 0.493 e. The molecule has 0 spiro atoms. The lowest BCUT2D eigenvalue weighted by atomic mass is 9.98. The number of likely N-dealkylation sites (tertiary alicyclic amines) is 1. The van der Waals surface area contributed by atoms with Gasteiger partial charge in [-0.05, 0) is 49.1 Å². The van der Waals surface area contributed by atoms with Crippen LogP contribution < -0.4 is 24.4 Å². The Bertz CT molecular complexity index is 1160. The summed E-state index contributed by atoms with van der Waals surface area (Å²) in [5.41, 5.74) is 1.61. The van der Waals surface area contributed by atoms with Crippen LogP contribution in [0.4, 0.5) is 11.4 Å². The van der Waals surface area contributed by atoms with E-state index >= 15 is 0 Å². The topological polar surface area (TPSA) is 100 Å². The molecule has 0 atom stereocenters. The highest BCUT2D eigenvalue weighted by atomic mass is 32.2. The molecule has 0 aliphatic carbocycles. The van der Waals surface area contributed by atoms with Crippen molar-refractivity contribution in [1.82, 2.24) is 10.2 Å². The molecule has 0 aromatic heterocycles. The molecule has 2 aromatic carbocycles. The number of piperidine rings is 1. The molecule has 1 amide bonds. The van der Waals surface area contributed by atoms with Crippen LogP contribution in [0.2, 0.25) is 0 Å². The number of nitrogens with one attached hydrogen (secondary N) is 2. The molecule has 10 heteroatoms. The summed E-state index contributed by atoms with van der Waals surface area (Å²) in [6, 6.07) is 9.76. The molecule has 2 N–H and O–H groups in total. The van der Waals surface area contributed by atoms with Crippen LogP contribution in [0.25, 0.3) is 0 Å². The minimum atomic E-state index is -3.96. The molecule has 9 nitrogen and oxygen atoms in total. The summed E-state index contributed by atoms with van der Waals surface area (Å²) in [4.78, 5) is 17.3. The highest BCUT2D eigenvalue weighted by Crippen LogP contribution is 2.33. The van der Waals surface area contributed by atoms with E-state index in [1.54, 1.807) is 18.2 Å². The van der Waals surface area contributed by atoms with Crippen LogP contribution in [-0.4, -0.2) is 72.7 Å². The number of benzene rings is 2. The van der Waals surface area contributed by atoms with Gasteiger partial charge in [-0.1, -0.05) is 6.92 Å². The second kappa shape index (κ2) is 10.7. The van der Waals surface area contributed by atoms with Crippen molar-refractivity contribution in [1.29, 1.82) is 0 Å². The van der Waals surface area contributed by atoms with Gasteiger partial charge in [-0.2, -0.15) is 0 Å². The van der Waals surface area contributed by atoms with Crippen molar-refractivity contribution in [2.45, 2.75) is 24.7 Å². The summed E-state index contributed by atoms with van der Waals surface area (Å²) in [5, 5.41) is 3.31. The monoisotopic (exact) mass is 502 g/mol. The standard InChI is InChI=1S/C25H34N4O5S/c1-18-8-12-29(13-9-18)25(30)19-4-6-22(28-14-10-26-11-15-28)21(16-19)27-35(31,32)20-5-7-23(33-2)24(17-20)34-3/h4-7,16-18,26-27H,8-15H2,1-3H3. The minimum Gasteiger partial charge on any atom is -0.493 e. The molecule has 2 aromatic rings. The average molecular weight is 503 g/mol. The molecule has 35 heavy (non-hydrogen) atoms. The van der Waals surface area contributed by atoms with E-state index in [1.807, 2.05) is 11.0 Å². The van der Waals surface area contributed by atoms with Crippen molar-refractivity contribution in [3.63, 3.8) is 0 Å². The lowest BCUT2D eigenvalue weighted by Crippen LogP contribution is -2.44. The molecule has 4 rings (SSSR count). The fourth-order valence-corrected chi connectivity index (χ4v) is 5.59. The Labute approximate surface area is 207 Å². The summed E-state index contributed by atoms with van der Waals surface area (Å²) >= 11 is 0. The Morgan fingerprint density at radius 2 is 1.66 bits per heavy atom. The summed E-state index contributed by atoms with van der Waals surface area (Å²) < 4.78 is 40.0. The molecule has 0 bridgehead atoms. The quantitative estimate of drug-likeness (QED) is 0.601. The van der Waals surface area contributed by atoms with Crippen LogP contribution in [-0.2, 0) is 10.0 Å². The van der Waals surface area contributed by atoms with E-state index < -0.39 is 10.0 Å². The second-order valence-electron chi connectivity index (χ2n) is 9.07. The third kappa shape index (κ3) is 5.65. The van der Waals surface area contributed by atoms with Gasteiger partial charge < -0.3 is 24.6 Å². The predicted octanol–water partition coefficient (Wildman–Crippen LogP) is 2.79. The maximum atomic E-state index is 13.4. The first-order valence-electron chi connectivity index (χ1n) is 12.0. The maximum absolute atomic E-state index is 13.4. The van der Waals surface area contributed by atoms with Crippen molar-refractivity contribution < 1.29 is 22.7 Å². The molecule has 190 valence electrons. The average Bonchev–Trinajstić information content (AvgIpc) is 2.88. The number of ether oxygens (including phenoxy) is 2. The van der Waals surface area contributed by atoms with E-state index in [9.17, 15) is 13.2 Å². The van der Waals surface area contributed by atoms with E-state index in [2.05, 4.69) is 21.9 Å².